The number of rotatable bonds is 2. The summed E-state index contributed by atoms with van der Waals surface area (Å²) in [5, 5.41) is 0. The summed E-state index contributed by atoms with van der Waals surface area (Å²) >= 11 is 0. The first-order valence-electron chi connectivity index (χ1n) is 6.24. The Hall–Kier alpha value is -1.42. The maximum atomic E-state index is 5.77. The molecule has 1 unspecified atom stereocenters. The lowest BCUT2D eigenvalue weighted by Crippen LogP contribution is -2.23. The predicted molar refractivity (Wildman–Crippen MR) is 78.4 cm³/mol. The van der Waals surface area contributed by atoms with E-state index >= 15 is 0 Å². The smallest absolute Gasteiger partial charge is 0.0950 e. The molecule has 100 valence electrons. The van der Waals surface area contributed by atoms with Crippen LogP contribution in [-0.4, -0.2) is 18.1 Å². The number of halogens is 1. The van der Waals surface area contributed by atoms with Gasteiger partial charge in [0, 0.05) is 24.5 Å². The van der Waals surface area contributed by atoms with Crippen LogP contribution in [-0.2, 0) is 11.2 Å². The van der Waals surface area contributed by atoms with Crippen molar-refractivity contribution in [1.29, 1.82) is 0 Å². The first kappa shape index (κ1) is 14.0. The Bertz CT molecular complexity index is 545. The second-order valence-corrected chi connectivity index (χ2v) is 4.46. The number of hydrogen-bond donors (Lipinski definition) is 1. The van der Waals surface area contributed by atoms with E-state index in [-0.39, 0.29) is 18.5 Å². The molecule has 0 amide bonds. The third-order valence-electron chi connectivity index (χ3n) is 3.42. The molecule has 1 aliphatic rings. The molecule has 2 N–H and O–H groups in total. The summed E-state index contributed by atoms with van der Waals surface area (Å²) in [6.45, 7) is 1.27. The molecule has 19 heavy (non-hydrogen) atoms. The zero-order valence-corrected chi connectivity index (χ0v) is 11.4. The van der Waals surface area contributed by atoms with Crippen molar-refractivity contribution in [3.05, 3.63) is 53.9 Å². The molecule has 0 radical (unpaired) electrons. The van der Waals surface area contributed by atoms with Gasteiger partial charge in [-0.2, -0.15) is 0 Å². The van der Waals surface area contributed by atoms with Crippen molar-refractivity contribution in [1.82, 2.24) is 4.98 Å². The summed E-state index contributed by atoms with van der Waals surface area (Å²) in [6, 6.07) is 10.4. The van der Waals surface area contributed by atoms with Crippen molar-refractivity contribution in [3.63, 3.8) is 0 Å². The fourth-order valence-corrected chi connectivity index (χ4v) is 2.57. The Kier molecular flexibility index (Phi) is 4.53. The minimum atomic E-state index is 0. The van der Waals surface area contributed by atoms with Crippen LogP contribution in [0.1, 0.15) is 17.2 Å². The summed E-state index contributed by atoms with van der Waals surface area (Å²) in [5.74, 6) is 0. The van der Waals surface area contributed by atoms with Gasteiger partial charge in [-0.3, -0.25) is 4.98 Å². The zero-order chi connectivity index (χ0) is 12.4. The summed E-state index contributed by atoms with van der Waals surface area (Å²) in [6.07, 6.45) is 4.68. The molecule has 2 aromatic rings. The molecule has 0 saturated carbocycles. The number of aromatic nitrogens is 1. The normalized spacial score (nSPS) is 17.4. The van der Waals surface area contributed by atoms with Crippen LogP contribution in [0.2, 0.25) is 0 Å². The van der Waals surface area contributed by atoms with Gasteiger partial charge < -0.3 is 10.5 Å². The summed E-state index contributed by atoms with van der Waals surface area (Å²) in [4.78, 5) is 4.19. The van der Waals surface area contributed by atoms with E-state index in [0.717, 1.165) is 18.6 Å². The minimum Gasteiger partial charge on any atom is -0.372 e. The van der Waals surface area contributed by atoms with Crippen LogP contribution < -0.4 is 5.73 Å². The van der Waals surface area contributed by atoms with Crippen molar-refractivity contribution >= 4 is 12.4 Å². The van der Waals surface area contributed by atoms with Crippen LogP contribution >= 0.6 is 12.4 Å². The molecule has 4 heteroatoms. The lowest BCUT2D eigenvalue weighted by atomic mass is 9.90. The van der Waals surface area contributed by atoms with Gasteiger partial charge in [-0.15, -0.1) is 12.4 Å². The third-order valence-corrected chi connectivity index (χ3v) is 3.42. The molecule has 0 saturated heterocycles. The first-order chi connectivity index (χ1) is 8.90. The fraction of sp³-hybridized carbons (Fsp3) is 0.267. The summed E-state index contributed by atoms with van der Waals surface area (Å²) in [7, 11) is 0. The van der Waals surface area contributed by atoms with E-state index < -0.39 is 0 Å². The minimum absolute atomic E-state index is 0. The van der Waals surface area contributed by atoms with Gasteiger partial charge in [-0.25, -0.2) is 0 Å². The lowest BCUT2D eigenvalue weighted by molar-refractivity contribution is 0.0486. The first-order valence-corrected chi connectivity index (χ1v) is 6.24. The Morgan fingerprint density at radius 2 is 2.16 bits per heavy atom. The number of nitrogens with zero attached hydrogens (tertiary/aromatic N) is 1. The van der Waals surface area contributed by atoms with E-state index in [2.05, 4.69) is 29.2 Å². The second-order valence-electron chi connectivity index (χ2n) is 4.46. The van der Waals surface area contributed by atoms with Crippen molar-refractivity contribution in [2.45, 2.75) is 12.5 Å². The maximum Gasteiger partial charge on any atom is 0.0950 e. The van der Waals surface area contributed by atoms with Gasteiger partial charge in [0.1, 0.15) is 0 Å². The molecule has 1 aromatic heterocycles. The van der Waals surface area contributed by atoms with Gasteiger partial charge in [0.2, 0.25) is 0 Å². The molecule has 1 atom stereocenters. The van der Waals surface area contributed by atoms with Crippen molar-refractivity contribution in [3.8, 4) is 11.1 Å². The highest BCUT2D eigenvalue weighted by Crippen LogP contribution is 2.33. The highest BCUT2D eigenvalue weighted by Gasteiger charge is 2.21. The molecular formula is C15H17ClN2O. The van der Waals surface area contributed by atoms with Gasteiger partial charge in [-0.1, -0.05) is 24.3 Å². The van der Waals surface area contributed by atoms with Gasteiger partial charge in [0.25, 0.3) is 0 Å². The Morgan fingerprint density at radius 3 is 2.89 bits per heavy atom. The molecule has 3 nitrogen and oxygen atoms in total. The molecule has 0 spiro atoms. The quantitative estimate of drug-likeness (QED) is 0.917. The Morgan fingerprint density at radius 1 is 1.26 bits per heavy atom. The number of fused-ring (bicyclic) bond motifs is 1. The molecule has 1 aliphatic heterocycles. The SMILES string of the molecule is Cl.NCC1OCCc2c(-c3cccnc3)cccc21. The molecule has 2 heterocycles. The molecular weight excluding hydrogens is 260 g/mol. The van der Waals surface area contributed by atoms with Gasteiger partial charge >= 0.3 is 0 Å². The average molecular weight is 277 g/mol. The number of benzene rings is 1. The lowest BCUT2D eigenvalue weighted by Gasteiger charge is -2.27. The summed E-state index contributed by atoms with van der Waals surface area (Å²) in [5.41, 5.74) is 10.8. The number of ether oxygens (including phenoxy) is 1. The van der Waals surface area contributed by atoms with Crippen LogP contribution in [0.25, 0.3) is 11.1 Å². The van der Waals surface area contributed by atoms with E-state index in [1.54, 1.807) is 6.20 Å². The van der Waals surface area contributed by atoms with Gasteiger partial charge in [0.15, 0.2) is 0 Å². The van der Waals surface area contributed by atoms with Crippen LogP contribution in [0, 0.1) is 0 Å². The van der Waals surface area contributed by atoms with E-state index in [0.29, 0.717) is 6.54 Å². The number of nitrogens with two attached hydrogens (primary N) is 1. The maximum absolute atomic E-state index is 5.77. The fourth-order valence-electron chi connectivity index (χ4n) is 2.57. The number of pyridine rings is 1. The van der Waals surface area contributed by atoms with Crippen molar-refractivity contribution in [2.24, 2.45) is 5.73 Å². The molecule has 0 bridgehead atoms. The summed E-state index contributed by atoms with van der Waals surface area (Å²) < 4.78 is 5.70. The van der Waals surface area contributed by atoms with E-state index in [9.17, 15) is 0 Å². The molecule has 0 fully saturated rings. The van der Waals surface area contributed by atoms with Crippen molar-refractivity contribution in [2.75, 3.05) is 13.2 Å². The van der Waals surface area contributed by atoms with Crippen LogP contribution in [0.3, 0.4) is 0 Å². The van der Waals surface area contributed by atoms with E-state index in [4.69, 9.17) is 10.5 Å². The third kappa shape index (κ3) is 2.63. The van der Waals surface area contributed by atoms with Gasteiger partial charge in [-0.05, 0) is 29.2 Å². The van der Waals surface area contributed by atoms with Gasteiger partial charge in [0.05, 0.1) is 12.7 Å². The Labute approximate surface area is 119 Å². The average Bonchev–Trinajstić information content (AvgIpc) is 2.47. The predicted octanol–water partition coefficient (Wildman–Crippen LogP) is 2.74. The molecule has 0 aliphatic carbocycles. The van der Waals surface area contributed by atoms with Crippen LogP contribution in [0.15, 0.2) is 42.7 Å². The highest BCUT2D eigenvalue weighted by molar-refractivity contribution is 5.85. The largest absolute Gasteiger partial charge is 0.372 e. The second kappa shape index (κ2) is 6.15. The van der Waals surface area contributed by atoms with Crippen LogP contribution in [0.4, 0.5) is 0 Å². The van der Waals surface area contributed by atoms with Crippen molar-refractivity contribution < 1.29 is 4.74 Å². The van der Waals surface area contributed by atoms with Crippen LogP contribution in [0.5, 0.6) is 0 Å². The molecule has 1 aromatic carbocycles. The highest BCUT2D eigenvalue weighted by atomic mass is 35.5. The molecule has 3 rings (SSSR count). The standard InChI is InChI=1S/C15H16N2O.ClH/c16-9-15-14-5-1-4-12(13(14)6-8-18-15)11-3-2-7-17-10-11;/h1-5,7,10,15H,6,8-9,16H2;1H. The zero-order valence-electron chi connectivity index (χ0n) is 10.6. The van der Waals surface area contributed by atoms with E-state index in [1.807, 2.05) is 12.3 Å². The number of hydrogen-bond acceptors (Lipinski definition) is 3. The Balaban J connectivity index is 0.00000133. The van der Waals surface area contributed by atoms with E-state index in [1.165, 1.54) is 16.7 Å². The monoisotopic (exact) mass is 276 g/mol. The topological polar surface area (TPSA) is 48.1 Å².